The molecule has 1 N–H and O–H groups in total. The van der Waals surface area contributed by atoms with Gasteiger partial charge in [0.05, 0.1) is 0 Å². The average molecular weight is 534 g/mol. The van der Waals surface area contributed by atoms with Crippen LogP contribution in [0, 0.1) is 18.8 Å². The molecule has 1 aliphatic rings. The fourth-order valence-electron chi connectivity index (χ4n) is 4.48. The van der Waals surface area contributed by atoms with Gasteiger partial charge in [-0.2, -0.15) is 0 Å². The Morgan fingerprint density at radius 1 is 0.974 bits per heavy atom. The average Bonchev–Trinajstić information content (AvgIpc) is 2.97. The van der Waals surface area contributed by atoms with Crippen molar-refractivity contribution in [1.82, 2.24) is 10.2 Å². The zero-order chi connectivity index (χ0) is 29.1. The zero-order valence-corrected chi connectivity index (χ0v) is 25.6. The van der Waals surface area contributed by atoms with Crippen LogP contribution in [0.5, 0.6) is 0 Å². The highest BCUT2D eigenvalue weighted by Crippen LogP contribution is 2.26. The number of piperidine rings is 1. The van der Waals surface area contributed by atoms with Crippen LogP contribution in [0.4, 0.5) is 11.4 Å². The van der Waals surface area contributed by atoms with Crippen molar-refractivity contribution in [2.45, 2.75) is 52.9 Å². The number of hydrogen-bond donors (Lipinski definition) is 1. The largest absolute Gasteiger partial charge is 0.388 e. The summed E-state index contributed by atoms with van der Waals surface area (Å²) in [6.45, 7) is 12.3. The Bertz CT molecular complexity index is 829. The number of hydrogen-bond acceptors (Lipinski definition) is 4. The van der Waals surface area contributed by atoms with Crippen molar-refractivity contribution in [2.24, 2.45) is 5.92 Å². The molecule has 0 bridgehead atoms. The van der Waals surface area contributed by atoms with Crippen LogP contribution >= 0.6 is 0 Å². The number of benzene rings is 2. The molecule has 2 aromatic rings. The first kappa shape index (κ1) is 36.2. The molecule has 4 heteroatoms. The smallest absolute Gasteiger partial charge is 0.0411 e. The van der Waals surface area contributed by atoms with Crippen molar-refractivity contribution >= 4 is 11.4 Å². The number of nitrogens with one attached hydrogen (secondary N) is 1. The molecule has 0 aromatic heterocycles. The Labute approximate surface area is 241 Å². The van der Waals surface area contributed by atoms with Gasteiger partial charge in [-0.25, -0.2) is 0 Å². The predicted octanol–water partition coefficient (Wildman–Crippen LogP) is 7.97. The second-order valence-electron chi connectivity index (χ2n) is 9.68. The third-order valence-corrected chi connectivity index (χ3v) is 6.39. The van der Waals surface area contributed by atoms with Crippen LogP contribution in [-0.2, 0) is 4.74 Å². The van der Waals surface area contributed by atoms with Gasteiger partial charge in [0.25, 0.3) is 0 Å². The maximum Gasteiger partial charge on any atom is 0.0411 e. The minimum atomic E-state index is 0.964. The fraction of sp³-hybridized carbons (Fsp3) is 0.486. The molecule has 1 saturated heterocycles. The van der Waals surface area contributed by atoms with E-state index in [1.54, 1.807) is 14.2 Å². The van der Waals surface area contributed by atoms with E-state index >= 15 is 0 Å². The van der Waals surface area contributed by atoms with Crippen LogP contribution in [-0.4, -0.2) is 58.9 Å². The van der Waals surface area contributed by atoms with Gasteiger partial charge in [-0.3, -0.25) is 0 Å². The van der Waals surface area contributed by atoms with E-state index in [1.807, 2.05) is 7.05 Å². The lowest BCUT2D eigenvalue weighted by molar-refractivity contribution is 0.182. The molecule has 0 atom stereocenters. The van der Waals surface area contributed by atoms with E-state index in [2.05, 4.69) is 132 Å². The molecule has 0 amide bonds. The molecule has 2 aromatic carbocycles. The van der Waals surface area contributed by atoms with Crippen molar-refractivity contribution in [2.75, 3.05) is 58.9 Å². The highest BCUT2D eigenvalue weighted by atomic mass is 16.4. The molecule has 216 valence electrons. The van der Waals surface area contributed by atoms with Gasteiger partial charge in [0.2, 0.25) is 0 Å². The number of ether oxygens (including phenoxy) is 1. The molecule has 3 rings (SSSR count). The number of allylic oxidation sites excluding steroid dienone is 3. The van der Waals surface area contributed by atoms with Crippen LogP contribution in [0.15, 0.2) is 84.5 Å². The van der Waals surface area contributed by atoms with E-state index < -0.39 is 0 Å². The lowest BCUT2D eigenvalue weighted by Gasteiger charge is -2.34. The van der Waals surface area contributed by atoms with Gasteiger partial charge in [-0.05, 0) is 76.5 Å². The molecular weight excluding hydrogens is 478 g/mol. The van der Waals surface area contributed by atoms with Gasteiger partial charge in [0, 0.05) is 45.2 Å². The van der Waals surface area contributed by atoms with Crippen LogP contribution in [0.1, 0.15) is 52.9 Å². The van der Waals surface area contributed by atoms with E-state index in [-0.39, 0.29) is 0 Å². The summed E-state index contributed by atoms with van der Waals surface area (Å²) in [5, 5.41) is 3.09. The maximum atomic E-state index is 4.25. The van der Waals surface area contributed by atoms with Crippen molar-refractivity contribution in [3.8, 4) is 12.8 Å². The molecule has 1 aliphatic heterocycles. The molecule has 0 radical (unpaired) electrons. The second kappa shape index (κ2) is 25.4. The van der Waals surface area contributed by atoms with Gasteiger partial charge in [0.1, 0.15) is 0 Å². The minimum Gasteiger partial charge on any atom is -0.388 e. The number of likely N-dealkylation sites (tertiary alicyclic amines) is 1. The SMILES string of the molecule is C#C.CC/C=C\C=C(/C)CNC.CCCC1CCN(CCN(c2ccccc2)c2ccccc2)CC1.COC. The zero-order valence-electron chi connectivity index (χ0n) is 25.6. The number of rotatable bonds is 11. The van der Waals surface area contributed by atoms with Crippen LogP contribution < -0.4 is 10.2 Å². The van der Waals surface area contributed by atoms with Gasteiger partial charge >= 0.3 is 0 Å². The number of likely N-dealkylation sites (N-methyl/N-ethyl adjacent to an activating group) is 1. The first-order valence-electron chi connectivity index (χ1n) is 14.4. The summed E-state index contributed by atoms with van der Waals surface area (Å²) in [5.41, 5.74) is 3.93. The van der Waals surface area contributed by atoms with Gasteiger partial charge in [0.15, 0.2) is 0 Å². The number of methoxy groups -OCH3 is 1. The first-order valence-corrected chi connectivity index (χ1v) is 14.4. The summed E-state index contributed by atoms with van der Waals surface area (Å²) in [6, 6.07) is 21.5. The highest BCUT2D eigenvalue weighted by molar-refractivity contribution is 5.62. The van der Waals surface area contributed by atoms with Crippen molar-refractivity contribution < 1.29 is 4.74 Å². The summed E-state index contributed by atoms with van der Waals surface area (Å²) in [4.78, 5) is 5.09. The van der Waals surface area contributed by atoms with E-state index in [0.29, 0.717) is 0 Å². The summed E-state index contributed by atoms with van der Waals surface area (Å²) >= 11 is 0. The second-order valence-corrected chi connectivity index (χ2v) is 9.68. The Kier molecular flexibility index (Phi) is 23.6. The number of terminal acetylenes is 1. The van der Waals surface area contributed by atoms with E-state index in [1.165, 1.54) is 55.7 Å². The lowest BCUT2D eigenvalue weighted by Crippen LogP contribution is -2.38. The molecule has 39 heavy (non-hydrogen) atoms. The molecule has 0 saturated carbocycles. The van der Waals surface area contributed by atoms with Crippen LogP contribution in [0.2, 0.25) is 0 Å². The monoisotopic (exact) mass is 533 g/mol. The van der Waals surface area contributed by atoms with Crippen molar-refractivity contribution in [1.29, 1.82) is 0 Å². The normalized spacial score (nSPS) is 13.8. The summed E-state index contributed by atoms with van der Waals surface area (Å²) in [5.74, 6) is 0.964. The molecule has 4 nitrogen and oxygen atoms in total. The van der Waals surface area contributed by atoms with E-state index in [0.717, 1.165) is 32.0 Å². The number of nitrogens with zero attached hydrogens (tertiary/aromatic N) is 2. The number of para-hydroxylation sites is 2. The topological polar surface area (TPSA) is 27.7 Å². The first-order chi connectivity index (χ1) is 19.1. The fourth-order valence-corrected chi connectivity index (χ4v) is 4.48. The van der Waals surface area contributed by atoms with Crippen molar-refractivity contribution in [3.63, 3.8) is 0 Å². The van der Waals surface area contributed by atoms with Crippen LogP contribution in [0.25, 0.3) is 0 Å². The molecule has 0 unspecified atom stereocenters. The standard InChI is InChI=1S/C22H30N2.C9H17N.C2H6O.C2H2/c1-2-9-20-14-16-23(17-15-20)18-19-24(21-10-5-3-6-11-21)22-12-7-4-8-13-22;1-4-5-6-7-9(2)8-10-3;1-3-2;1-2/h3-8,10-13,20H,2,9,14-19H2,1H3;5-7,10H,4,8H2,1-3H3;1-2H3;1-2H/b;6-5-,9-7+;;. The summed E-state index contributed by atoms with van der Waals surface area (Å²) in [7, 11) is 5.21. The third-order valence-electron chi connectivity index (χ3n) is 6.39. The Morgan fingerprint density at radius 3 is 1.92 bits per heavy atom. The Hall–Kier alpha value is -2.84. The molecule has 1 fully saturated rings. The maximum absolute atomic E-state index is 4.25. The number of anilines is 2. The summed E-state index contributed by atoms with van der Waals surface area (Å²) in [6.07, 6.45) is 21.0. The molecular formula is C35H55N3O. The van der Waals surface area contributed by atoms with E-state index in [9.17, 15) is 0 Å². The third kappa shape index (κ3) is 17.4. The van der Waals surface area contributed by atoms with Gasteiger partial charge in [-0.15, -0.1) is 12.8 Å². The molecule has 0 spiro atoms. The summed E-state index contributed by atoms with van der Waals surface area (Å²) < 4.78 is 4.25. The molecule has 1 heterocycles. The lowest BCUT2D eigenvalue weighted by atomic mass is 9.92. The quantitative estimate of drug-likeness (QED) is 0.234. The van der Waals surface area contributed by atoms with Crippen molar-refractivity contribution in [3.05, 3.63) is 84.5 Å². The van der Waals surface area contributed by atoms with Crippen LogP contribution in [0.3, 0.4) is 0 Å². The van der Waals surface area contributed by atoms with E-state index in [4.69, 9.17) is 0 Å². The molecule has 0 aliphatic carbocycles. The van der Waals surface area contributed by atoms with Gasteiger partial charge < -0.3 is 19.9 Å². The Balaban J connectivity index is 0.000000808. The minimum absolute atomic E-state index is 0.964. The Morgan fingerprint density at radius 2 is 1.49 bits per heavy atom. The highest BCUT2D eigenvalue weighted by Gasteiger charge is 2.19. The van der Waals surface area contributed by atoms with Gasteiger partial charge in [-0.1, -0.05) is 86.9 Å². The predicted molar refractivity (Wildman–Crippen MR) is 174 cm³/mol.